The number of anilines is 1. The number of carbonyl (C=O) groups is 2. The summed E-state index contributed by atoms with van der Waals surface area (Å²) in [7, 11) is 0. The third kappa shape index (κ3) is 4.25. The van der Waals surface area contributed by atoms with Gasteiger partial charge in [0.2, 0.25) is 0 Å². The Morgan fingerprint density at radius 1 is 1.15 bits per heavy atom. The van der Waals surface area contributed by atoms with Gasteiger partial charge in [-0.3, -0.25) is 9.59 Å². The molecule has 0 spiro atoms. The van der Waals surface area contributed by atoms with Gasteiger partial charge in [0.15, 0.2) is 0 Å². The minimum Gasteiger partial charge on any atom is -0.481 e. The number of halogens is 3. The zero-order valence-corrected chi connectivity index (χ0v) is 11.0. The van der Waals surface area contributed by atoms with Crippen LogP contribution in [0.4, 0.5) is 18.9 Å². The lowest BCUT2D eigenvalue weighted by atomic mass is 10.1. The molecule has 0 radical (unpaired) electrons. The highest BCUT2D eigenvalue weighted by atomic mass is 19.4. The van der Waals surface area contributed by atoms with Gasteiger partial charge in [0.25, 0.3) is 0 Å². The van der Waals surface area contributed by atoms with Gasteiger partial charge in [-0.1, -0.05) is 6.07 Å². The molecular formula is C13H14F3NO3. The minimum atomic E-state index is -5.05. The van der Waals surface area contributed by atoms with Crippen molar-refractivity contribution >= 4 is 17.6 Å². The van der Waals surface area contributed by atoms with Gasteiger partial charge < -0.3 is 10.0 Å². The molecule has 1 N–H and O–H groups in total. The van der Waals surface area contributed by atoms with Crippen LogP contribution < -0.4 is 4.90 Å². The Morgan fingerprint density at radius 2 is 1.65 bits per heavy atom. The van der Waals surface area contributed by atoms with Crippen molar-refractivity contribution in [1.82, 2.24) is 0 Å². The van der Waals surface area contributed by atoms with Gasteiger partial charge in [-0.2, -0.15) is 13.2 Å². The highest BCUT2D eigenvalue weighted by molar-refractivity contribution is 5.97. The van der Waals surface area contributed by atoms with E-state index >= 15 is 0 Å². The molecular weight excluding hydrogens is 275 g/mol. The van der Waals surface area contributed by atoms with E-state index < -0.39 is 31.0 Å². The van der Waals surface area contributed by atoms with Crippen LogP contribution in [0.25, 0.3) is 0 Å². The van der Waals surface area contributed by atoms with Gasteiger partial charge in [0.05, 0.1) is 6.42 Å². The van der Waals surface area contributed by atoms with Crippen LogP contribution in [0.2, 0.25) is 0 Å². The molecule has 4 nitrogen and oxygen atoms in total. The molecule has 1 aromatic rings. The summed E-state index contributed by atoms with van der Waals surface area (Å²) < 4.78 is 37.7. The van der Waals surface area contributed by atoms with Crippen LogP contribution in [-0.4, -0.2) is 29.7 Å². The van der Waals surface area contributed by atoms with E-state index in [0.717, 1.165) is 0 Å². The first-order valence-electron chi connectivity index (χ1n) is 5.80. The number of aryl methyl sites for hydroxylation is 2. The van der Waals surface area contributed by atoms with Crippen LogP contribution in [0.5, 0.6) is 0 Å². The van der Waals surface area contributed by atoms with E-state index in [1.54, 1.807) is 19.9 Å². The van der Waals surface area contributed by atoms with Crippen LogP contribution in [0.3, 0.4) is 0 Å². The van der Waals surface area contributed by atoms with Crippen molar-refractivity contribution < 1.29 is 27.9 Å². The Kier molecular flexibility index (Phi) is 4.75. The van der Waals surface area contributed by atoms with E-state index in [1.165, 1.54) is 12.1 Å². The Bertz CT molecular complexity index is 506. The SMILES string of the molecule is Cc1cc(C)cc(N(CCC(=O)O)C(=O)C(F)(F)F)c1. The lowest BCUT2D eigenvalue weighted by Gasteiger charge is -2.24. The molecule has 0 unspecified atom stereocenters. The number of amides is 1. The molecule has 0 fully saturated rings. The van der Waals surface area contributed by atoms with Crippen molar-refractivity contribution in [2.75, 3.05) is 11.4 Å². The molecule has 1 amide bonds. The molecule has 0 heterocycles. The molecule has 0 saturated heterocycles. The molecule has 0 bridgehead atoms. The Labute approximate surface area is 113 Å². The van der Waals surface area contributed by atoms with Crippen LogP contribution >= 0.6 is 0 Å². The molecule has 0 saturated carbocycles. The normalized spacial score (nSPS) is 11.2. The molecule has 0 aromatic heterocycles. The Hall–Kier alpha value is -2.05. The highest BCUT2D eigenvalue weighted by Crippen LogP contribution is 2.25. The third-order valence-electron chi connectivity index (χ3n) is 2.56. The van der Waals surface area contributed by atoms with E-state index in [1.807, 2.05) is 0 Å². The lowest BCUT2D eigenvalue weighted by Crippen LogP contribution is -2.42. The summed E-state index contributed by atoms with van der Waals surface area (Å²) in [4.78, 5) is 22.4. The van der Waals surface area contributed by atoms with Crippen molar-refractivity contribution in [3.8, 4) is 0 Å². The number of benzene rings is 1. The fraction of sp³-hybridized carbons (Fsp3) is 0.385. The second kappa shape index (κ2) is 5.94. The predicted molar refractivity (Wildman–Crippen MR) is 66.6 cm³/mol. The van der Waals surface area contributed by atoms with E-state index in [2.05, 4.69) is 0 Å². The maximum absolute atomic E-state index is 12.6. The smallest absolute Gasteiger partial charge is 0.471 e. The maximum atomic E-state index is 12.6. The van der Waals surface area contributed by atoms with Gasteiger partial charge in [0.1, 0.15) is 0 Å². The second-order valence-corrected chi connectivity index (χ2v) is 4.44. The molecule has 110 valence electrons. The van der Waals surface area contributed by atoms with Crippen molar-refractivity contribution in [2.24, 2.45) is 0 Å². The number of rotatable bonds is 4. The van der Waals surface area contributed by atoms with Crippen LogP contribution in [0.15, 0.2) is 18.2 Å². The average Bonchev–Trinajstić information content (AvgIpc) is 2.25. The molecule has 0 aliphatic heterocycles. The van der Waals surface area contributed by atoms with Crippen molar-refractivity contribution in [3.05, 3.63) is 29.3 Å². The fourth-order valence-electron chi connectivity index (χ4n) is 1.81. The Morgan fingerprint density at radius 3 is 2.05 bits per heavy atom. The van der Waals surface area contributed by atoms with E-state index in [-0.39, 0.29) is 5.69 Å². The number of carboxylic acid groups (broad SMARTS) is 1. The second-order valence-electron chi connectivity index (χ2n) is 4.44. The molecule has 20 heavy (non-hydrogen) atoms. The zero-order chi connectivity index (χ0) is 15.5. The Balaban J connectivity index is 3.15. The summed E-state index contributed by atoms with van der Waals surface area (Å²) in [6.07, 6.45) is -5.61. The number of hydrogen-bond donors (Lipinski definition) is 1. The first kappa shape index (κ1) is 16.0. The number of carbonyl (C=O) groups excluding carboxylic acids is 1. The number of nitrogens with zero attached hydrogens (tertiary/aromatic N) is 1. The summed E-state index contributed by atoms with van der Waals surface area (Å²) in [5, 5.41) is 8.58. The van der Waals surface area contributed by atoms with Gasteiger partial charge >= 0.3 is 18.1 Å². The number of aliphatic carboxylic acids is 1. The van der Waals surface area contributed by atoms with E-state index in [4.69, 9.17) is 5.11 Å². The number of carboxylic acids is 1. The van der Waals surface area contributed by atoms with Crippen molar-refractivity contribution in [3.63, 3.8) is 0 Å². The monoisotopic (exact) mass is 289 g/mol. The number of alkyl halides is 3. The summed E-state index contributed by atoms with van der Waals surface area (Å²) >= 11 is 0. The first-order valence-corrected chi connectivity index (χ1v) is 5.80. The third-order valence-corrected chi connectivity index (χ3v) is 2.56. The average molecular weight is 289 g/mol. The summed E-state index contributed by atoms with van der Waals surface area (Å²) in [5.74, 6) is -3.34. The topological polar surface area (TPSA) is 57.6 Å². The van der Waals surface area contributed by atoms with Crippen LogP contribution in [-0.2, 0) is 9.59 Å². The molecule has 7 heteroatoms. The van der Waals surface area contributed by atoms with Crippen LogP contribution in [0, 0.1) is 13.8 Å². The molecule has 0 aliphatic rings. The maximum Gasteiger partial charge on any atom is 0.471 e. The summed E-state index contributed by atoms with van der Waals surface area (Å²) in [6.45, 7) is 2.84. The zero-order valence-electron chi connectivity index (χ0n) is 11.0. The van der Waals surface area contributed by atoms with Gasteiger partial charge in [-0.15, -0.1) is 0 Å². The standard InChI is InChI=1S/C13H14F3NO3/c1-8-5-9(2)7-10(6-8)17(4-3-11(18)19)12(20)13(14,15)16/h5-7H,3-4H2,1-2H3,(H,18,19). The van der Waals surface area contributed by atoms with Crippen molar-refractivity contribution in [1.29, 1.82) is 0 Å². The molecule has 0 atom stereocenters. The summed E-state index contributed by atoms with van der Waals surface area (Å²) in [6, 6.07) is 4.58. The van der Waals surface area contributed by atoms with Gasteiger partial charge in [0, 0.05) is 12.2 Å². The predicted octanol–water partition coefficient (Wildman–Crippen LogP) is 2.67. The minimum absolute atomic E-state index is 0.0473. The quantitative estimate of drug-likeness (QED) is 0.927. The fourth-order valence-corrected chi connectivity index (χ4v) is 1.81. The highest BCUT2D eigenvalue weighted by Gasteiger charge is 2.43. The molecule has 0 aliphatic carbocycles. The van der Waals surface area contributed by atoms with E-state index in [9.17, 15) is 22.8 Å². The largest absolute Gasteiger partial charge is 0.481 e. The molecule has 1 aromatic carbocycles. The first-order chi connectivity index (χ1) is 9.11. The van der Waals surface area contributed by atoms with Gasteiger partial charge in [-0.05, 0) is 37.1 Å². The van der Waals surface area contributed by atoms with E-state index in [0.29, 0.717) is 16.0 Å². The summed E-state index contributed by atoms with van der Waals surface area (Å²) in [5.41, 5.74) is 1.43. The number of hydrogen-bond acceptors (Lipinski definition) is 2. The van der Waals surface area contributed by atoms with Crippen LogP contribution in [0.1, 0.15) is 17.5 Å². The lowest BCUT2D eigenvalue weighted by molar-refractivity contribution is -0.170. The van der Waals surface area contributed by atoms with Crippen molar-refractivity contribution in [2.45, 2.75) is 26.4 Å². The van der Waals surface area contributed by atoms with Gasteiger partial charge in [-0.25, -0.2) is 0 Å². The molecule has 1 rings (SSSR count).